The Morgan fingerprint density at radius 2 is 1.10 bits per heavy atom. The molecule has 3 aliphatic rings. The van der Waals surface area contributed by atoms with Gasteiger partial charge in [0.1, 0.15) is 29.9 Å². The molecule has 0 aliphatic carbocycles. The van der Waals surface area contributed by atoms with Crippen LogP contribution in [-0.4, -0.2) is 106 Å². The van der Waals surface area contributed by atoms with Gasteiger partial charge in [0.15, 0.2) is 0 Å². The van der Waals surface area contributed by atoms with E-state index in [1.54, 1.807) is 14.1 Å². The first-order chi connectivity index (χ1) is 18.8. The molecule has 3 rings (SSSR count). The Balaban J connectivity index is 1.58. The Morgan fingerprint density at radius 3 is 1.57 bits per heavy atom. The Hall–Kier alpha value is -0.340. The van der Waals surface area contributed by atoms with E-state index in [4.69, 9.17) is 14.2 Å². The quantitative estimate of drug-likeness (QED) is 0.190. The first-order valence-corrected chi connectivity index (χ1v) is 18.6. The molecule has 0 saturated carbocycles. The molecule has 236 valence electrons. The molecule has 3 fully saturated rings. The van der Waals surface area contributed by atoms with E-state index in [9.17, 15) is 16.8 Å². The monoisotopic (exact) mass is 609 g/mol. The Kier molecular flexibility index (Phi) is 12.3. The molecule has 5 atom stereocenters. The van der Waals surface area contributed by atoms with Crippen molar-refractivity contribution in [1.29, 1.82) is 0 Å². The summed E-state index contributed by atoms with van der Waals surface area (Å²) in [6, 6.07) is 0. The second kappa shape index (κ2) is 14.4. The van der Waals surface area contributed by atoms with E-state index in [0.717, 1.165) is 51.4 Å². The zero-order valence-corrected chi connectivity index (χ0v) is 27.4. The molecule has 0 radical (unpaired) electrons. The van der Waals surface area contributed by atoms with Crippen molar-refractivity contribution >= 4 is 20.0 Å². The van der Waals surface area contributed by atoms with E-state index in [1.165, 1.54) is 21.5 Å². The zero-order valence-electron chi connectivity index (χ0n) is 25.8. The standard InChI is InChI=1S/C28H55N3O7S2/c1-7-9-11-13-15-17-19-39(32,33)29(5)22-27(3)25-31-24(21-36-25)37-28(4,26(31)38-27)23-30(6)40(34,35)20-18-16-14-12-10-8-2/h24-26H,7-23H2,1-6H3/t24-,25-,26-,27-,28-/m1/s1. The lowest BCUT2D eigenvalue weighted by molar-refractivity contribution is -0.135. The van der Waals surface area contributed by atoms with Crippen LogP contribution < -0.4 is 0 Å². The summed E-state index contributed by atoms with van der Waals surface area (Å²) >= 11 is 0. The van der Waals surface area contributed by atoms with Gasteiger partial charge in [-0.2, -0.15) is 0 Å². The third kappa shape index (κ3) is 8.18. The summed E-state index contributed by atoms with van der Waals surface area (Å²) in [7, 11) is -3.67. The highest BCUT2D eigenvalue weighted by Gasteiger charge is 2.68. The van der Waals surface area contributed by atoms with E-state index >= 15 is 0 Å². The molecular weight excluding hydrogens is 554 g/mol. The summed E-state index contributed by atoms with van der Waals surface area (Å²) in [5.74, 6) is 0.240. The number of likely N-dealkylation sites (N-methyl/N-ethyl adjacent to an activating group) is 2. The number of nitrogens with zero attached hydrogens (tertiary/aromatic N) is 3. The Morgan fingerprint density at radius 1 is 0.675 bits per heavy atom. The summed E-state index contributed by atoms with van der Waals surface area (Å²) in [5.41, 5.74) is -1.83. The SMILES string of the molecule is CCCCCCCCS(=O)(=O)N(C)C[C@@]1(C)O[C@@H]2CO[C@H]3N2[C@@H]1O[C@]3(C)CN(C)S(=O)(=O)CCCCCCCC. The molecule has 3 saturated heterocycles. The molecule has 0 amide bonds. The van der Waals surface area contributed by atoms with Gasteiger partial charge in [-0.3, -0.25) is 0 Å². The van der Waals surface area contributed by atoms with Crippen molar-refractivity contribution in [3.8, 4) is 0 Å². The summed E-state index contributed by atoms with van der Waals surface area (Å²) in [5, 5.41) is 0. The zero-order chi connectivity index (χ0) is 29.6. The first-order valence-electron chi connectivity index (χ1n) is 15.4. The van der Waals surface area contributed by atoms with Gasteiger partial charge < -0.3 is 14.2 Å². The predicted molar refractivity (Wildman–Crippen MR) is 158 cm³/mol. The molecular formula is C28H55N3O7S2. The van der Waals surface area contributed by atoms with Crippen LogP contribution in [0.5, 0.6) is 0 Å². The lowest BCUT2D eigenvalue weighted by atomic mass is 10.1. The summed E-state index contributed by atoms with van der Waals surface area (Å²) in [6.07, 6.45) is 10.9. The van der Waals surface area contributed by atoms with Gasteiger partial charge in [0.05, 0.1) is 18.1 Å². The van der Waals surface area contributed by atoms with Crippen LogP contribution in [0, 0.1) is 0 Å². The molecule has 0 N–H and O–H groups in total. The summed E-state index contributed by atoms with van der Waals surface area (Å²) < 4.78 is 74.0. The highest BCUT2D eigenvalue weighted by molar-refractivity contribution is 7.89. The van der Waals surface area contributed by atoms with E-state index in [-0.39, 0.29) is 30.8 Å². The van der Waals surface area contributed by atoms with Gasteiger partial charge in [-0.25, -0.2) is 30.3 Å². The number of hydrogen-bond donors (Lipinski definition) is 0. The van der Waals surface area contributed by atoms with Crippen LogP contribution >= 0.6 is 0 Å². The van der Waals surface area contributed by atoms with Crippen molar-refractivity contribution in [3.63, 3.8) is 0 Å². The maximum Gasteiger partial charge on any atom is 0.213 e. The molecule has 0 aromatic rings. The topological polar surface area (TPSA) is 106 Å². The molecule has 12 heteroatoms. The second-order valence-electron chi connectivity index (χ2n) is 12.5. The molecule has 0 spiro atoms. The third-order valence-corrected chi connectivity index (χ3v) is 12.4. The van der Waals surface area contributed by atoms with Crippen LogP contribution in [0.4, 0.5) is 0 Å². The fourth-order valence-electron chi connectivity index (χ4n) is 6.29. The molecule has 0 aromatic heterocycles. The van der Waals surface area contributed by atoms with Gasteiger partial charge in [0, 0.05) is 27.2 Å². The van der Waals surface area contributed by atoms with Crippen LogP contribution in [0.2, 0.25) is 0 Å². The minimum atomic E-state index is -3.44. The molecule has 3 heterocycles. The molecule has 3 aliphatic heterocycles. The normalized spacial score (nSPS) is 30.6. The Labute approximate surface area is 244 Å². The first kappa shape index (κ1) is 34.2. The van der Waals surface area contributed by atoms with Crippen LogP contribution in [0.3, 0.4) is 0 Å². The number of rotatable bonds is 20. The van der Waals surface area contributed by atoms with Crippen LogP contribution in [-0.2, 0) is 34.3 Å². The molecule has 0 bridgehead atoms. The van der Waals surface area contributed by atoms with Crippen molar-refractivity contribution < 1.29 is 31.0 Å². The highest BCUT2D eigenvalue weighted by atomic mass is 32.2. The maximum atomic E-state index is 13.1. The minimum Gasteiger partial charge on any atom is -0.356 e. The number of unbranched alkanes of at least 4 members (excludes halogenated alkanes) is 10. The number of sulfonamides is 2. The number of ether oxygens (including phenoxy) is 3. The maximum absolute atomic E-state index is 13.1. The van der Waals surface area contributed by atoms with E-state index in [0.29, 0.717) is 19.4 Å². The van der Waals surface area contributed by atoms with Crippen LogP contribution in [0.25, 0.3) is 0 Å². The fourth-order valence-corrected chi connectivity index (χ4v) is 8.96. The minimum absolute atomic E-state index is 0.120. The van der Waals surface area contributed by atoms with Gasteiger partial charge in [-0.05, 0) is 26.7 Å². The van der Waals surface area contributed by atoms with Gasteiger partial charge >= 0.3 is 0 Å². The second-order valence-corrected chi connectivity index (χ2v) is 16.9. The van der Waals surface area contributed by atoms with Crippen molar-refractivity contribution in [2.45, 2.75) is 135 Å². The van der Waals surface area contributed by atoms with E-state index < -0.39 is 43.7 Å². The molecule has 0 unspecified atom stereocenters. The van der Waals surface area contributed by atoms with Gasteiger partial charge in [-0.1, -0.05) is 78.1 Å². The smallest absolute Gasteiger partial charge is 0.213 e. The van der Waals surface area contributed by atoms with Crippen molar-refractivity contribution in [2.75, 3.05) is 45.3 Å². The van der Waals surface area contributed by atoms with Crippen molar-refractivity contribution in [2.24, 2.45) is 0 Å². The number of hydrogen-bond acceptors (Lipinski definition) is 8. The van der Waals surface area contributed by atoms with E-state index in [2.05, 4.69) is 13.8 Å². The predicted octanol–water partition coefficient (Wildman–Crippen LogP) is 4.12. The van der Waals surface area contributed by atoms with Gasteiger partial charge in [0.2, 0.25) is 20.0 Å². The average molecular weight is 610 g/mol. The van der Waals surface area contributed by atoms with Gasteiger partial charge in [-0.15, -0.1) is 0 Å². The van der Waals surface area contributed by atoms with Crippen molar-refractivity contribution in [1.82, 2.24) is 13.5 Å². The summed E-state index contributed by atoms with van der Waals surface area (Å²) in [6.45, 7) is 8.73. The van der Waals surface area contributed by atoms with Gasteiger partial charge in [0.25, 0.3) is 0 Å². The molecule has 40 heavy (non-hydrogen) atoms. The molecule has 10 nitrogen and oxygen atoms in total. The van der Waals surface area contributed by atoms with Crippen molar-refractivity contribution in [3.05, 3.63) is 0 Å². The lowest BCUT2D eigenvalue weighted by Crippen LogP contribution is -2.52. The Bertz CT molecular complexity index is 957. The highest BCUT2D eigenvalue weighted by Crippen LogP contribution is 2.49. The van der Waals surface area contributed by atoms with Crippen LogP contribution in [0.1, 0.15) is 105 Å². The fraction of sp³-hybridized carbons (Fsp3) is 1.00. The van der Waals surface area contributed by atoms with Crippen LogP contribution in [0.15, 0.2) is 0 Å². The largest absolute Gasteiger partial charge is 0.356 e. The average Bonchev–Trinajstić information content (AvgIpc) is 3.51. The lowest BCUT2D eigenvalue weighted by Gasteiger charge is -2.35. The summed E-state index contributed by atoms with van der Waals surface area (Å²) in [4.78, 5) is 2.02. The molecule has 0 aromatic carbocycles. The van der Waals surface area contributed by atoms with E-state index in [1.807, 2.05) is 18.7 Å². The third-order valence-electron chi connectivity index (χ3n) is 8.64.